The number of nitrogens with two attached hydrogens (primary N) is 2. The first-order valence-electron chi connectivity index (χ1n) is 4.91. The zero-order valence-corrected chi connectivity index (χ0v) is 12.8. The molecule has 112 valence electrons. The zero-order chi connectivity index (χ0) is 15.7. The molecule has 0 aromatic heterocycles. The van der Waals surface area contributed by atoms with Crippen molar-refractivity contribution in [1.29, 1.82) is 0 Å². The van der Waals surface area contributed by atoms with Crippen LogP contribution in [0.2, 0.25) is 0 Å². The Morgan fingerprint density at radius 2 is 1.90 bits per heavy atom. The summed E-state index contributed by atoms with van der Waals surface area (Å²) < 4.78 is 22.0. The lowest BCUT2D eigenvalue weighted by molar-refractivity contribution is 0.0997. The van der Waals surface area contributed by atoms with Crippen LogP contribution in [0, 0.1) is 0 Å². The molecule has 0 heterocycles. The number of halogens is 3. The number of hydrogen-bond donors (Lipinski definition) is 4. The van der Waals surface area contributed by atoms with Crippen molar-refractivity contribution in [3.63, 3.8) is 0 Å². The number of carbonyl (C=O) groups is 1. The fraction of sp³-hybridized carbons (Fsp3) is 0.222. The number of benzene rings is 1. The maximum atomic E-state index is 11.1. The van der Waals surface area contributed by atoms with E-state index < -0.39 is 26.0 Å². The summed E-state index contributed by atoms with van der Waals surface area (Å²) in [6.45, 7) is 0. The van der Waals surface area contributed by atoms with Gasteiger partial charge in [-0.2, -0.15) is 13.1 Å². The maximum absolute atomic E-state index is 11.1. The molecule has 7 nitrogen and oxygen atoms in total. The normalized spacial score (nSPS) is 14.0. The molecule has 1 aromatic carbocycles. The van der Waals surface area contributed by atoms with E-state index in [1.54, 1.807) is 0 Å². The maximum Gasteiger partial charge on any atom is 0.275 e. The molecule has 1 aromatic rings. The van der Waals surface area contributed by atoms with E-state index in [1.165, 1.54) is 6.07 Å². The number of primary amides is 1. The summed E-state index contributed by atoms with van der Waals surface area (Å²) in [6, 6.07) is 2.10. The number of nitrogens with one attached hydrogen (secondary N) is 1. The summed E-state index contributed by atoms with van der Waals surface area (Å²) in [5.41, 5.74) is 4.90. The van der Waals surface area contributed by atoms with Crippen molar-refractivity contribution in [3.8, 4) is 5.75 Å². The van der Waals surface area contributed by atoms with Crippen LogP contribution < -0.4 is 15.6 Å². The van der Waals surface area contributed by atoms with E-state index in [2.05, 4.69) is 0 Å². The Morgan fingerprint density at radius 1 is 1.35 bits per heavy atom. The summed E-state index contributed by atoms with van der Waals surface area (Å²) in [5.74, 6) is -1.32. The highest BCUT2D eigenvalue weighted by molar-refractivity contribution is 7.87. The third kappa shape index (κ3) is 4.65. The lowest BCUT2D eigenvalue weighted by atomic mass is 10.0. The minimum atomic E-state index is -4.18. The second kappa shape index (κ2) is 5.92. The SMILES string of the molecule is NC(=O)c1cc(C(NS(N)(=O)=O)C(Cl)(Cl)Cl)ccc1O. The van der Waals surface area contributed by atoms with E-state index >= 15 is 0 Å². The van der Waals surface area contributed by atoms with Crippen LogP contribution in [0.15, 0.2) is 18.2 Å². The first-order chi connectivity index (χ1) is 8.92. The van der Waals surface area contributed by atoms with Gasteiger partial charge in [-0.15, -0.1) is 0 Å². The molecule has 1 unspecified atom stereocenters. The lowest BCUT2D eigenvalue weighted by Gasteiger charge is -2.25. The third-order valence-corrected chi connectivity index (χ3v) is 3.45. The average molecular weight is 363 g/mol. The first kappa shape index (κ1) is 17.3. The Kier molecular flexibility index (Phi) is 5.12. The van der Waals surface area contributed by atoms with Gasteiger partial charge < -0.3 is 10.8 Å². The van der Waals surface area contributed by atoms with Gasteiger partial charge in [0.15, 0.2) is 0 Å². The number of aromatic hydroxyl groups is 1. The van der Waals surface area contributed by atoms with Gasteiger partial charge in [0.25, 0.3) is 16.1 Å². The Labute approximate surface area is 130 Å². The van der Waals surface area contributed by atoms with Crippen LogP contribution in [0.1, 0.15) is 22.0 Å². The van der Waals surface area contributed by atoms with Crippen LogP contribution in [0.5, 0.6) is 5.75 Å². The van der Waals surface area contributed by atoms with Crippen LogP contribution in [0.4, 0.5) is 0 Å². The van der Waals surface area contributed by atoms with Crippen LogP contribution in [0.25, 0.3) is 0 Å². The van der Waals surface area contributed by atoms with E-state index in [4.69, 9.17) is 45.7 Å². The molecule has 1 amide bonds. The molecule has 0 spiro atoms. The molecule has 20 heavy (non-hydrogen) atoms. The molecule has 1 atom stereocenters. The predicted octanol–water partition coefficient (Wildman–Crippen LogP) is 0.696. The highest BCUT2D eigenvalue weighted by Gasteiger charge is 2.36. The van der Waals surface area contributed by atoms with E-state index in [9.17, 15) is 18.3 Å². The predicted molar refractivity (Wildman–Crippen MR) is 75.9 cm³/mol. The van der Waals surface area contributed by atoms with Crippen LogP contribution in [-0.2, 0) is 10.2 Å². The minimum absolute atomic E-state index is 0.0885. The molecular formula is C9H10Cl3N3O4S. The van der Waals surface area contributed by atoms with E-state index in [0.29, 0.717) is 0 Å². The quantitative estimate of drug-likeness (QED) is 0.586. The molecule has 11 heteroatoms. The van der Waals surface area contributed by atoms with Crippen molar-refractivity contribution in [2.75, 3.05) is 0 Å². The molecule has 0 aliphatic carbocycles. The second-order valence-electron chi connectivity index (χ2n) is 3.78. The molecule has 0 radical (unpaired) electrons. The van der Waals surface area contributed by atoms with Crippen molar-refractivity contribution in [1.82, 2.24) is 4.72 Å². The Hall–Kier alpha value is -0.770. The van der Waals surface area contributed by atoms with Gasteiger partial charge in [0, 0.05) is 0 Å². The Morgan fingerprint density at radius 3 is 2.30 bits per heavy atom. The Balaban J connectivity index is 3.35. The largest absolute Gasteiger partial charge is 0.507 e. The number of phenols is 1. The fourth-order valence-electron chi connectivity index (χ4n) is 1.42. The number of rotatable bonds is 4. The summed E-state index contributed by atoms with van der Waals surface area (Å²) in [7, 11) is -4.18. The zero-order valence-electron chi connectivity index (χ0n) is 9.68. The van der Waals surface area contributed by atoms with Gasteiger partial charge in [-0.3, -0.25) is 4.79 Å². The number of hydrogen-bond acceptors (Lipinski definition) is 4. The van der Waals surface area contributed by atoms with Gasteiger partial charge in [0.05, 0.1) is 11.6 Å². The number of carbonyl (C=O) groups excluding carboxylic acids is 1. The number of amides is 1. The van der Waals surface area contributed by atoms with Crippen molar-refractivity contribution >= 4 is 50.9 Å². The molecule has 1 rings (SSSR count). The molecule has 0 aliphatic heterocycles. The molecule has 0 saturated heterocycles. The number of alkyl halides is 3. The van der Waals surface area contributed by atoms with E-state index in [1.807, 2.05) is 4.72 Å². The second-order valence-corrected chi connectivity index (χ2v) is 7.47. The highest BCUT2D eigenvalue weighted by atomic mass is 35.6. The van der Waals surface area contributed by atoms with Crippen molar-refractivity contribution in [3.05, 3.63) is 29.3 Å². The van der Waals surface area contributed by atoms with E-state index in [0.717, 1.165) is 12.1 Å². The average Bonchev–Trinajstić information content (AvgIpc) is 2.24. The van der Waals surface area contributed by atoms with Crippen molar-refractivity contribution in [2.45, 2.75) is 9.83 Å². The fourth-order valence-corrected chi connectivity index (χ4v) is 2.80. The molecule has 6 N–H and O–H groups in total. The first-order valence-corrected chi connectivity index (χ1v) is 7.59. The highest BCUT2D eigenvalue weighted by Crippen LogP contribution is 2.40. The van der Waals surface area contributed by atoms with Gasteiger partial charge >= 0.3 is 0 Å². The van der Waals surface area contributed by atoms with Crippen molar-refractivity contribution < 1.29 is 18.3 Å². The standard InChI is InChI=1S/C9H10Cl3N3O4S/c10-9(11,12)7(15-20(14,18)19)4-1-2-6(16)5(3-4)8(13)17/h1-3,7,15-16H,(H2,13,17)(H2,14,18,19). The van der Waals surface area contributed by atoms with Gasteiger partial charge in [-0.25, -0.2) is 5.14 Å². The van der Waals surface area contributed by atoms with Crippen LogP contribution in [0.3, 0.4) is 0 Å². The summed E-state index contributed by atoms with van der Waals surface area (Å²) >= 11 is 17.0. The molecular weight excluding hydrogens is 353 g/mol. The molecule has 0 fully saturated rings. The topological polar surface area (TPSA) is 136 Å². The molecule has 0 aliphatic rings. The summed E-state index contributed by atoms with van der Waals surface area (Å²) in [4.78, 5) is 11.1. The van der Waals surface area contributed by atoms with Gasteiger partial charge in [-0.1, -0.05) is 40.9 Å². The smallest absolute Gasteiger partial charge is 0.275 e. The van der Waals surface area contributed by atoms with Gasteiger partial charge in [0.2, 0.25) is 3.79 Å². The monoisotopic (exact) mass is 361 g/mol. The molecule has 0 bridgehead atoms. The third-order valence-electron chi connectivity index (χ3n) is 2.23. The summed E-state index contributed by atoms with van der Waals surface area (Å²) in [6.07, 6.45) is 0. The molecule has 0 saturated carbocycles. The van der Waals surface area contributed by atoms with Gasteiger partial charge in [0.1, 0.15) is 5.75 Å². The minimum Gasteiger partial charge on any atom is -0.507 e. The van der Waals surface area contributed by atoms with Crippen LogP contribution in [-0.4, -0.2) is 23.2 Å². The Bertz CT molecular complexity index is 630. The van der Waals surface area contributed by atoms with Crippen LogP contribution >= 0.6 is 34.8 Å². The van der Waals surface area contributed by atoms with E-state index in [-0.39, 0.29) is 16.9 Å². The lowest BCUT2D eigenvalue weighted by Crippen LogP contribution is -2.40. The van der Waals surface area contributed by atoms with Gasteiger partial charge in [-0.05, 0) is 17.7 Å². The van der Waals surface area contributed by atoms with Crippen molar-refractivity contribution in [2.24, 2.45) is 10.9 Å². The summed E-state index contributed by atoms with van der Waals surface area (Å²) in [5, 5.41) is 14.3.